The molecule has 0 saturated carbocycles. The molecule has 2 heterocycles. The van der Waals surface area contributed by atoms with Crippen LogP contribution in [0.1, 0.15) is 5.76 Å². The van der Waals surface area contributed by atoms with Crippen molar-refractivity contribution in [2.45, 2.75) is 6.54 Å². The van der Waals surface area contributed by atoms with Crippen LogP contribution < -0.4 is 0 Å². The Morgan fingerprint density at radius 3 is 3.00 bits per heavy atom. The average molecular weight is 216 g/mol. The second-order valence-corrected chi connectivity index (χ2v) is 3.63. The Labute approximate surface area is 91.1 Å². The zero-order valence-electron chi connectivity index (χ0n) is 8.43. The monoisotopic (exact) mass is 216 g/mol. The van der Waals surface area contributed by atoms with Gasteiger partial charge in [-0.3, -0.25) is 0 Å². The lowest BCUT2D eigenvalue weighted by molar-refractivity contribution is 0.377. The van der Waals surface area contributed by atoms with Gasteiger partial charge in [0.1, 0.15) is 5.82 Å². The molecule has 2 aromatic heterocycles. The third-order valence-electron chi connectivity index (χ3n) is 2.55. The van der Waals surface area contributed by atoms with E-state index in [-0.39, 0.29) is 5.82 Å². The second-order valence-electron chi connectivity index (χ2n) is 3.63. The van der Waals surface area contributed by atoms with Crippen molar-refractivity contribution >= 4 is 10.9 Å². The number of rotatable bonds is 2. The van der Waals surface area contributed by atoms with E-state index in [1.54, 1.807) is 18.3 Å². The highest BCUT2D eigenvalue weighted by Crippen LogP contribution is 2.18. The molecule has 0 aliphatic carbocycles. The number of aromatic nitrogens is 2. The third-order valence-corrected chi connectivity index (χ3v) is 2.55. The summed E-state index contributed by atoms with van der Waals surface area (Å²) in [4.78, 5) is 0. The zero-order valence-corrected chi connectivity index (χ0v) is 8.43. The van der Waals surface area contributed by atoms with Gasteiger partial charge in [0.15, 0.2) is 5.76 Å². The van der Waals surface area contributed by atoms with Gasteiger partial charge in [0, 0.05) is 12.3 Å². The van der Waals surface area contributed by atoms with Gasteiger partial charge in [-0.2, -0.15) is 0 Å². The Morgan fingerprint density at radius 1 is 1.25 bits per heavy atom. The summed E-state index contributed by atoms with van der Waals surface area (Å²) in [6.45, 7) is 0.562. The van der Waals surface area contributed by atoms with E-state index < -0.39 is 0 Å². The van der Waals surface area contributed by atoms with E-state index in [0.717, 1.165) is 16.7 Å². The number of halogens is 1. The highest BCUT2D eigenvalue weighted by atomic mass is 19.1. The maximum atomic E-state index is 13.1. The summed E-state index contributed by atoms with van der Waals surface area (Å²) in [6.07, 6.45) is 3.51. The predicted molar refractivity (Wildman–Crippen MR) is 57.5 cm³/mol. The molecule has 0 spiro atoms. The summed E-state index contributed by atoms with van der Waals surface area (Å²) < 4.78 is 20.1. The maximum Gasteiger partial charge on any atom is 0.156 e. The van der Waals surface area contributed by atoms with Crippen LogP contribution in [-0.4, -0.2) is 9.72 Å². The van der Waals surface area contributed by atoms with Gasteiger partial charge in [0.25, 0.3) is 0 Å². The van der Waals surface area contributed by atoms with Crippen LogP contribution in [0.3, 0.4) is 0 Å². The largest absolute Gasteiger partial charge is 0.359 e. The van der Waals surface area contributed by atoms with Crippen LogP contribution in [-0.2, 0) is 6.54 Å². The van der Waals surface area contributed by atoms with Crippen LogP contribution in [0.25, 0.3) is 10.9 Å². The Morgan fingerprint density at radius 2 is 2.19 bits per heavy atom. The highest BCUT2D eigenvalue weighted by Gasteiger charge is 2.04. The third kappa shape index (κ3) is 1.48. The van der Waals surface area contributed by atoms with Gasteiger partial charge in [-0.05, 0) is 29.7 Å². The minimum Gasteiger partial charge on any atom is -0.359 e. The van der Waals surface area contributed by atoms with E-state index in [0.29, 0.717) is 6.54 Å². The number of hydrogen-bond donors (Lipinski definition) is 0. The van der Waals surface area contributed by atoms with Gasteiger partial charge < -0.3 is 9.09 Å². The molecule has 0 unspecified atom stereocenters. The van der Waals surface area contributed by atoms with Gasteiger partial charge in [0.05, 0.1) is 18.3 Å². The first-order chi connectivity index (χ1) is 7.83. The van der Waals surface area contributed by atoms with Crippen molar-refractivity contribution in [1.82, 2.24) is 9.72 Å². The molecule has 0 aliphatic rings. The van der Waals surface area contributed by atoms with Crippen LogP contribution in [0.5, 0.6) is 0 Å². The van der Waals surface area contributed by atoms with E-state index in [4.69, 9.17) is 4.52 Å². The van der Waals surface area contributed by atoms with E-state index in [2.05, 4.69) is 5.16 Å². The van der Waals surface area contributed by atoms with Crippen molar-refractivity contribution in [2.24, 2.45) is 0 Å². The standard InChI is InChI=1S/C12H9FN2O/c13-10-2-1-9-4-6-15(12(9)7-10)8-11-3-5-14-16-11/h1-7H,8H2. The number of nitrogens with zero attached hydrogens (tertiary/aromatic N) is 2. The van der Waals surface area contributed by atoms with Gasteiger partial charge in [-0.1, -0.05) is 5.16 Å². The van der Waals surface area contributed by atoms with Crippen molar-refractivity contribution in [3.05, 3.63) is 54.3 Å². The average Bonchev–Trinajstić information content (AvgIpc) is 2.90. The Kier molecular flexibility index (Phi) is 1.99. The lowest BCUT2D eigenvalue weighted by Gasteiger charge is -2.01. The topological polar surface area (TPSA) is 31.0 Å². The molecule has 3 aromatic rings. The lowest BCUT2D eigenvalue weighted by atomic mass is 10.2. The second kappa shape index (κ2) is 3.48. The van der Waals surface area contributed by atoms with E-state index in [9.17, 15) is 4.39 Å². The lowest BCUT2D eigenvalue weighted by Crippen LogP contribution is -1.96. The summed E-state index contributed by atoms with van der Waals surface area (Å²) >= 11 is 0. The van der Waals surface area contributed by atoms with Crippen LogP contribution in [0.2, 0.25) is 0 Å². The predicted octanol–water partition coefficient (Wildman–Crippen LogP) is 2.82. The van der Waals surface area contributed by atoms with Gasteiger partial charge in [0.2, 0.25) is 0 Å². The summed E-state index contributed by atoms with van der Waals surface area (Å²) in [5, 5.41) is 4.65. The summed E-state index contributed by atoms with van der Waals surface area (Å²) in [5.74, 6) is 0.520. The van der Waals surface area contributed by atoms with Crippen molar-refractivity contribution < 1.29 is 8.91 Å². The Balaban J connectivity index is 2.07. The molecule has 3 rings (SSSR count). The number of hydrogen-bond acceptors (Lipinski definition) is 2. The van der Waals surface area contributed by atoms with E-state index in [1.807, 2.05) is 16.8 Å². The fourth-order valence-corrected chi connectivity index (χ4v) is 1.79. The van der Waals surface area contributed by atoms with E-state index >= 15 is 0 Å². The van der Waals surface area contributed by atoms with Gasteiger partial charge >= 0.3 is 0 Å². The minimum atomic E-state index is -0.231. The molecule has 4 heteroatoms. The number of benzene rings is 1. The van der Waals surface area contributed by atoms with Gasteiger partial charge in [-0.25, -0.2) is 4.39 Å². The van der Waals surface area contributed by atoms with Crippen molar-refractivity contribution in [3.63, 3.8) is 0 Å². The fraction of sp³-hybridized carbons (Fsp3) is 0.0833. The molecular weight excluding hydrogens is 207 g/mol. The molecule has 16 heavy (non-hydrogen) atoms. The molecule has 0 atom stereocenters. The molecule has 80 valence electrons. The number of fused-ring (bicyclic) bond motifs is 1. The smallest absolute Gasteiger partial charge is 0.156 e. The molecule has 0 bridgehead atoms. The molecule has 0 amide bonds. The SMILES string of the molecule is Fc1ccc2ccn(Cc3ccno3)c2c1. The first-order valence-electron chi connectivity index (χ1n) is 4.97. The Hall–Kier alpha value is -2.10. The normalized spacial score (nSPS) is 11.1. The molecule has 0 N–H and O–H groups in total. The molecule has 0 saturated heterocycles. The van der Waals surface area contributed by atoms with Crippen LogP contribution >= 0.6 is 0 Å². The molecule has 0 radical (unpaired) electrons. The minimum absolute atomic E-state index is 0.231. The Bertz CT molecular complexity index is 613. The van der Waals surface area contributed by atoms with Crippen molar-refractivity contribution in [1.29, 1.82) is 0 Å². The molecule has 1 aromatic carbocycles. The van der Waals surface area contributed by atoms with Crippen LogP contribution in [0, 0.1) is 5.82 Å². The van der Waals surface area contributed by atoms with Crippen molar-refractivity contribution in [2.75, 3.05) is 0 Å². The van der Waals surface area contributed by atoms with E-state index in [1.165, 1.54) is 12.1 Å². The quantitative estimate of drug-likeness (QED) is 0.659. The van der Waals surface area contributed by atoms with Crippen LogP contribution in [0.4, 0.5) is 4.39 Å². The zero-order chi connectivity index (χ0) is 11.0. The fourth-order valence-electron chi connectivity index (χ4n) is 1.79. The molecule has 0 fully saturated rings. The van der Waals surface area contributed by atoms with Gasteiger partial charge in [-0.15, -0.1) is 0 Å². The molecular formula is C12H9FN2O. The summed E-state index contributed by atoms with van der Waals surface area (Å²) in [6, 6.07) is 8.49. The first kappa shape index (κ1) is 9.15. The highest BCUT2D eigenvalue weighted by molar-refractivity contribution is 5.80. The van der Waals surface area contributed by atoms with Crippen molar-refractivity contribution in [3.8, 4) is 0 Å². The van der Waals surface area contributed by atoms with Crippen LogP contribution in [0.15, 0.2) is 47.2 Å². The molecule has 0 aliphatic heterocycles. The molecule has 3 nitrogen and oxygen atoms in total. The maximum absolute atomic E-state index is 13.1. The first-order valence-corrected chi connectivity index (χ1v) is 4.97. The summed E-state index contributed by atoms with van der Waals surface area (Å²) in [7, 11) is 0. The summed E-state index contributed by atoms with van der Waals surface area (Å²) in [5.41, 5.74) is 0.858.